The quantitative estimate of drug-likeness (QED) is 0.618. The second-order valence-corrected chi connectivity index (χ2v) is 6.94. The molecule has 0 unspecified atom stereocenters. The van der Waals surface area contributed by atoms with Gasteiger partial charge in [-0.2, -0.15) is 0 Å². The summed E-state index contributed by atoms with van der Waals surface area (Å²) in [6.45, 7) is 1.82. The number of Topliss-reactive ketones (excluding diaryl/α,β-unsaturated/α-hetero) is 1. The second-order valence-electron chi connectivity index (χ2n) is 5.89. The molecule has 1 aliphatic carbocycles. The summed E-state index contributed by atoms with van der Waals surface area (Å²) in [5.41, 5.74) is 0.809. The van der Waals surface area contributed by atoms with Gasteiger partial charge in [-0.3, -0.25) is 9.59 Å². The zero-order chi connectivity index (χ0) is 14.7. The Hall–Kier alpha value is -1.29. The van der Waals surface area contributed by atoms with Crippen LogP contribution in [0, 0.1) is 5.92 Å². The summed E-state index contributed by atoms with van der Waals surface area (Å²) in [5, 5.41) is 0. The molecule has 4 heteroatoms. The van der Waals surface area contributed by atoms with Crippen LogP contribution in [0.2, 0.25) is 0 Å². The highest BCUT2D eigenvalue weighted by Gasteiger charge is 2.30. The number of carbonyl (C=O) groups excluding carboxylic acids is 2. The lowest BCUT2D eigenvalue weighted by Crippen LogP contribution is -2.36. The van der Waals surface area contributed by atoms with Crippen LogP contribution in [0.1, 0.15) is 42.5 Å². The van der Waals surface area contributed by atoms with E-state index in [0.717, 1.165) is 49.2 Å². The molecule has 1 aromatic rings. The summed E-state index contributed by atoms with van der Waals surface area (Å²) >= 11 is 1.56. The van der Waals surface area contributed by atoms with Crippen molar-refractivity contribution in [2.45, 2.75) is 37.0 Å². The summed E-state index contributed by atoms with van der Waals surface area (Å²) in [6, 6.07) is 7.72. The van der Waals surface area contributed by atoms with Gasteiger partial charge in [-0.15, -0.1) is 11.8 Å². The molecule has 0 radical (unpaired) electrons. The van der Waals surface area contributed by atoms with Gasteiger partial charge in [-0.05, 0) is 44.2 Å². The first-order valence-electron chi connectivity index (χ1n) is 7.79. The standard InChI is InChI=1S/C17H21NO2S/c19-16(18-10-2-1-3-11-18)12-21-15-8-6-14(7-9-15)17(20)13-4-5-13/h6-9,13H,1-5,10-12H2. The van der Waals surface area contributed by atoms with Crippen molar-refractivity contribution >= 4 is 23.5 Å². The molecule has 1 amide bonds. The number of carbonyl (C=O) groups is 2. The van der Waals surface area contributed by atoms with E-state index in [1.807, 2.05) is 29.2 Å². The first-order valence-corrected chi connectivity index (χ1v) is 8.77. The van der Waals surface area contributed by atoms with E-state index in [-0.39, 0.29) is 17.6 Å². The molecule has 0 bridgehead atoms. The van der Waals surface area contributed by atoms with Crippen molar-refractivity contribution in [2.75, 3.05) is 18.8 Å². The van der Waals surface area contributed by atoms with Crippen LogP contribution in [0.25, 0.3) is 0 Å². The minimum atomic E-state index is 0.234. The predicted octanol–water partition coefficient (Wildman–Crippen LogP) is 3.38. The molecule has 1 saturated heterocycles. The summed E-state index contributed by atoms with van der Waals surface area (Å²) < 4.78 is 0. The molecule has 3 nitrogen and oxygen atoms in total. The lowest BCUT2D eigenvalue weighted by molar-refractivity contribution is -0.129. The van der Waals surface area contributed by atoms with E-state index in [1.165, 1.54) is 6.42 Å². The van der Waals surface area contributed by atoms with Gasteiger partial charge in [0.15, 0.2) is 5.78 Å². The zero-order valence-corrected chi connectivity index (χ0v) is 13.0. The highest BCUT2D eigenvalue weighted by atomic mass is 32.2. The zero-order valence-electron chi connectivity index (χ0n) is 12.2. The molecule has 1 aliphatic heterocycles. The number of piperidine rings is 1. The molecule has 3 rings (SSSR count). The minimum Gasteiger partial charge on any atom is -0.342 e. The maximum atomic E-state index is 12.1. The number of rotatable bonds is 5. The topological polar surface area (TPSA) is 37.4 Å². The number of hydrogen-bond donors (Lipinski definition) is 0. The van der Waals surface area contributed by atoms with Crippen LogP contribution >= 0.6 is 11.8 Å². The first-order chi connectivity index (χ1) is 10.2. The van der Waals surface area contributed by atoms with Crippen LogP contribution in [0.3, 0.4) is 0 Å². The minimum absolute atomic E-state index is 0.234. The van der Waals surface area contributed by atoms with Gasteiger partial charge in [0.2, 0.25) is 5.91 Å². The maximum absolute atomic E-state index is 12.1. The van der Waals surface area contributed by atoms with Crippen molar-refractivity contribution in [1.82, 2.24) is 4.90 Å². The molecule has 0 aromatic heterocycles. The molecule has 0 spiro atoms. The van der Waals surface area contributed by atoms with Gasteiger partial charge in [0.05, 0.1) is 5.75 Å². The molecular formula is C17H21NO2S. The van der Waals surface area contributed by atoms with Crippen molar-refractivity contribution in [2.24, 2.45) is 5.92 Å². The Morgan fingerprint density at radius 2 is 1.71 bits per heavy atom. The SMILES string of the molecule is O=C(c1ccc(SCC(=O)N2CCCCC2)cc1)C1CC1. The molecule has 21 heavy (non-hydrogen) atoms. The fourth-order valence-electron chi connectivity index (χ4n) is 2.68. The molecule has 2 fully saturated rings. The largest absolute Gasteiger partial charge is 0.342 e. The summed E-state index contributed by atoms with van der Waals surface area (Å²) in [5.74, 6) is 1.27. The van der Waals surface area contributed by atoms with Crippen LogP contribution in [-0.4, -0.2) is 35.4 Å². The molecule has 0 atom stereocenters. The van der Waals surface area contributed by atoms with Crippen molar-refractivity contribution in [1.29, 1.82) is 0 Å². The van der Waals surface area contributed by atoms with Crippen LogP contribution in [-0.2, 0) is 4.79 Å². The van der Waals surface area contributed by atoms with Crippen LogP contribution in [0.4, 0.5) is 0 Å². The number of likely N-dealkylation sites (tertiary alicyclic amines) is 1. The maximum Gasteiger partial charge on any atom is 0.232 e. The highest BCUT2D eigenvalue weighted by molar-refractivity contribution is 8.00. The number of thioether (sulfide) groups is 1. The lowest BCUT2D eigenvalue weighted by Gasteiger charge is -2.26. The van der Waals surface area contributed by atoms with Crippen molar-refractivity contribution < 1.29 is 9.59 Å². The number of hydrogen-bond acceptors (Lipinski definition) is 3. The first kappa shape index (κ1) is 14.6. The number of amides is 1. The Morgan fingerprint density at radius 1 is 1.05 bits per heavy atom. The fraction of sp³-hybridized carbons (Fsp3) is 0.529. The fourth-order valence-corrected chi connectivity index (χ4v) is 3.48. The van der Waals surface area contributed by atoms with E-state index in [9.17, 15) is 9.59 Å². The average Bonchev–Trinajstić information content (AvgIpc) is 3.38. The second kappa shape index (κ2) is 6.65. The van der Waals surface area contributed by atoms with Gasteiger partial charge in [-0.25, -0.2) is 0 Å². The summed E-state index contributed by atoms with van der Waals surface area (Å²) in [6.07, 6.45) is 5.59. The van der Waals surface area contributed by atoms with E-state index in [1.54, 1.807) is 11.8 Å². The Morgan fingerprint density at radius 3 is 2.33 bits per heavy atom. The molecule has 0 N–H and O–H groups in total. The molecule has 1 aromatic carbocycles. The van der Waals surface area contributed by atoms with E-state index in [4.69, 9.17) is 0 Å². The third-order valence-corrected chi connectivity index (χ3v) is 5.15. The number of nitrogens with zero attached hydrogens (tertiary/aromatic N) is 1. The van der Waals surface area contributed by atoms with E-state index in [2.05, 4.69) is 0 Å². The van der Waals surface area contributed by atoms with Gasteiger partial charge in [-0.1, -0.05) is 12.1 Å². The normalized spacial score (nSPS) is 18.6. The monoisotopic (exact) mass is 303 g/mol. The Balaban J connectivity index is 1.50. The van der Waals surface area contributed by atoms with E-state index >= 15 is 0 Å². The molecule has 1 heterocycles. The molecular weight excluding hydrogens is 282 g/mol. The Labute approximate surface area is 130 Å². The van der Waals surface area contributed by atoms with Crippen LogP contribution < -0.4 is 0 Å². The van der Waals surface area contributed by atoms with Gasteiger partial charge < -0.3 is 4.90 Å². The lowest BCUT2D eigenvalue weighted by atomic mass is 10.1. The van der Waals surface area contributed by atoms with Gasteiger partial charge in [0, 0.05) is 29.5 Å². The van der Waals surface area contributed by atoms with Gasteiger partial charge >= 0.3 is 0 Å². The summed E-state index contributed by atoms with van der Waals surface area (Å²) in [7, 11) is 0. The number of ketones is 1. The molecule has 112 valence electrons. The van der Waals surface area contributed by atoms with E-state index in [0.29, 0.717) is 5.75 Å². The van der Waals surface area contributed by atoms with Crippen LogP contribution in [0.15, 0.2) is 29.2 Å². The third-order valence-electron chi connectivity index (χ3n) is 4.16. The van der Waals surface area contributed by atoms with Gasteiger partial charge in [0.25, 0.3) is 0 Å². The highest BCUT2D eigenvalue weighted by Crippen LogP contribution is 2.33. The molecule has 2 aliphatic rings. The predicted molar refractivity (Wildman–Crippen MR) is 84.7 cm³/mol. The third kappa shape index (κ3) is 3.88. The molecule has 1 saturated carbocycles. The summed E-state index contributed by atoms with van der Waals surface area (Å²) in [4.78, 5) is 27.1. The van der Waals surface area contributed by atoms with E-state index < -0.39 is 0 Å². The average molecular weight is 303 g/mol. The van der Waals surface area contributed by atoms with Crippen molar-refractivity contribution in [3.8, 4) is 0 Å². The smallest absolute Gasteiger partial charge is 0.232 e. The number of benzene rings is 1. The Bertz CT molecular complexity index is 516. The van der Waals surface area contributed by atoms with Gasteiger partial charge in [0.1, 0.15) is 0 Å². The van der Waals surface area contributed by atoms with Crippen molar-refractivity contribution in [3.63, 3.8) is 0 Å². The van der Waals surface area contributed by atoms with Crippen LogP contribution in [0.5, 0.6) is 0 Å². The Kier molecular flexibility index (Phi) is 4.63. The van der Waals surface area contributed by atoms with Crippen molar-refractivity contribution in [3.05, 3.63) is 29.8 Å².